The number of nitro groups is 1. The van der Waals surface area contributed by atoms with Gasteiger partial charge in [-0.2, -0.15) is 21.6 Å². The fraction of sp³-hybridized carbons (Fsp3) is 0.100. The highest BCUT2D eigenvalue weighted by Gasteiger charge is 2.44. The Morgan fingerprint density at radius 1 is 1.19 bits per heavy atom. The van der Waals surface area contributed by atoms with Crippen LogP contribution in [0.25, 0.3) is 10.9 Å². The van der Waals surface area contributed by atoms with E-state index in [2.05, 4.69) is 4.98 Å². The van der Waals surface area contributed by atoms with E-state index >= 15 is 0 Å². The monoisotopic (exact) mass is 324 g/mol. The molecule has 2 aromatic rings. The summed E-state index contributed by atoms with van der Waals surface area (Å²) in [5.41, 5.74) is -4.78. The lowest BCUT2D eigenvalue weighted by Crippen LogP contribution is -2.21. The van der Waals surface area contributed by atoms with Crippen LogP contribution in [0.5, 0.6) is 0 Å². The van der Waals surface area contributed by atoms with E-state index in [4.69, 9.17) is 13.0 Å². The van der Waals surface area contributed by atoms with Crippen LogP contribution in [0.15, 0.2) is 36.5 Å². The lowest BCUT2D eigenvalue weighted by molar-refractivity contribution is -0.383. The molecule has 2 rings (SSSR count). The van der Waals surface area contributed by atoms with Gasteiger partial charge in [0.1, 0.15) is 0 Å². The van der Waals surface area contributed by atoms with Gasteiger partial charge in [-0.05, 0) is 18.2 Å². The number of benzene rings is 1. The van der Waals surface area contributed by atoms with Crippen molar-refractivity contribution in [1.82, 2.24) is 4.98 Å². The molecule has 0 aliphatic rings. The molecule has 1 aromatic heterocycles. The van der Waals surface area contributed by atoms with Crippen molar-refractivity contribution in [1.29, 1.82) is 0 Å². The number of nitro benzene ring substituents is 1. The summed E-state index contributed by atoms with van der Waals surface area (Å²) in [5.74, 6) is 0. The van der Waals surface area contributed by atoms with Crippen LogP contribution in [0.3, 0.4) is 0 Å². The van der Waals surface area contributed by atoms with Crippen LogP contribution < -0.4 is 0 Å². The van der Waals surface area contributed by atoms with Gasteiger partial charge in [0.2, 0.25) is 0 Å². The van der Waals surface area contributed by atoms with Gasteiger partial charge in [-0.25, -0.2) is 0 Å². The van der Waals surface area contributed by atoms with Gasteiger partial charge in [0.15, 0.2) is 0 Å². The Balaban J connectivity index is 0.000000240. The topological polar surface area (TPSA) is 110 Å². The molecule has 11 heteroatoms. The van der Waals surface area contributed by atoms with Gasteiger partial charge < -0.3 is 0 Å². The first-order valence-electron chi connectivity index (χ1n) is 5.06. The van der Waals surface area contributed by atoms with E-state index in [0.717, 1.165) is 0 Å². The Kier molecular flexibility index (Phi) is 4.80. The molecule has 0 saturated heterocycles. The third kappa shape index (κ3) is 4.36. The molecular weight excluding hydrogens is 317 g/mol. The molecule has 1 heterocycles. The number of halogens is 3. The number of pyridine rings is 1. The Morgan fingerprint density at radius 2 is 1.76 bits per heavy atom. The van der Waals surface area contributed by atoms with Gasteiger partial charge in [-0.1, -0.05) is 6.07 Å². The smallest absolute Gasteiger partial charge is 0.279 e. The van der Waals surface area contributed by atoms with Gasteiger partial charge in [-0.15, -0.1) is 0 Å². The van der Waals surface area contributed by atoms with Crippen molar-refractivity contribution in [3.63, 3.8) is 0 Å². The van der Waals surface area contributed by atoms with Crippen LogP contribution in [0, 0.1) is 10.1 Å². The normalized spacial score (nSPS) is 11.6. The molecule has 0 fully saturated rings. The summed E-state index contributed by atoms with van der Waals surface area (Å²) in [4.78, 5) is 14.2. The highest BCUT2D eigenvalue weighted by Crippen LogP contribution is 2.22. The number of hydrogen-bond donors (Lipinski definition) is 1. The van der Waals surface area contributed by atoms with Crippen LogP contribution >= 0.6 is 0 Å². The Bertz CT molecular complexity index is 755. The zero-order valence-corrected chi connectivity index (χ0v) is 10.8. The van der Waals surface area contributed by atoms with Crippen LogP contribution in [-0.2, 0) is 10.1 Å². The van der Waals surface area contributed by atoms with E-state index in [0.29, 0.717) is 10.9 Å². The maximum atomic E-state index is 10.7. The summed E-state index contributed by atoms with van der Waals surface area (Å²) in [6.45, 7) is 0. The van der Waals surface area contributed by atoms with Crippen molar-refractivity contribution in [3.05, 3.63) is 46.6 Å². The number of alkyl halides is 3. The largest absolute Gasteiger partial charge is 0.522 e. The van der Waals surface area contributed by atoms with E-state index in [1.165, 1.54) is 6.07 Å². The zero-order valence-electron chi connectivity index (χ0n) is 9.98. The number of fused-ring (bicyclic) bond motifs is 1. The summed E-state index contributed by atoms with van der Waals surface area (Å²) in [5, 5.41) is 11.2. The van der Waals surface area contributed by atoms with Gasteiger partial charge in [0.05, 0.1) is 15.8 Å². The molecule has 0 aliphatic carbocycles. The van der Waals surface area contributed by atoms with Crippen molar-refractivity contribution in [2.24, 2.45) is 0 Å². The molecule has 0 radical (unpaired) electrons. The van der Waals surface area contributed by atoms with Crippen molar-refractivity contribution in [2.45, 2.75) is 5.51 Å². The van der Waals surface area contributed by atoms with Crippen molar-refractivity contribution in [2.75, 3.05) is 0 Å². The number of aromatic nitrogens is 1. The summed E-state index contributed by atoms with van der Waals surface area (Å²) in [7, 11) is -5.84. The quantitative estimate of drug-likeness (QED) is 0.373. The number of hydrogen-bond acceptors (Lipinski definition) is 5. The molecule has 0 aliphatic heterocycles. The molecule has 0 amide bonds. The standard InChI is InChI=1S/C9H6N2O2.CHF3O3S/c12-11(13)9-5-1-4-8-7(9)3-2-6-10-8;2-1(3,4)8(5,6)7/h1-6H;(H,5,6,7). The SMILES string of the molecule is O=S(=O)(O)C(F)(F)F.O=[N+]([O-])c1cccc2ncccc12. The minimum absolute atomic E-state index is 0.102. The third-order valence-electron chi connectivity index (χ3n) is 2.11. The van der Waals surface area contributed by atoms with E-state index in [1.54, 1.807) is 30.5 Å². The van der Waals surface area contributed by atoms with Crippen molar-refractivity contribution < 1.29 is 31.1 Å². The Hall–Kier alpha value is -2.27. The van der Waals surface area contributed by atoms with Crippen LogP contribution in [0.2, 0.25) is 0 Å². The second-order valence-corrected chi connectivity index (χ2v) is 4.94. The predicted octanol–water partition coefficient (Wildman–Crippen LogP) is 2.54. The van der Waals surface area contributed by atoms with Crippen molar-refractivity contribution in [3.8, 4) is 0 Å². The first-order chi connectivity index (χ1) is 9.54. The number of non-ortho nitro benzene ring substituents is 1. The maximum Gasteiger partial charge on any atom is 0.522 e. The summed E-state index contributed by atoms with van der Waals surface area (Å²) in [6, 6.07) is 8.25. The predicted molar refractivity (Wildman–Crippen MR) is 66.0 cm³/mol. The van der Waals surface area contributed by atoms with E-state index in [1.807, 2.05) is 0 Å². The van der Waals surface area contributed by atoms with Gasteiger partial charge in [0.25, 0.3) is 5.69 Å². The number of rotatable bonds is 1. The molecule has 1 aromatic carbocycles. The average molecular weight is 324 g/mol. The maximum absolute atomic E-state index is 10.7. The van der Waals surface area contributed by atoms with Crippen LogP contribution in [-0.4, -0.2) is 28.4 Å². The molecule has 0 atom stereocenters. The average Bonchev–Trinajstić information content (AvgIpc) is 2.36. The van der Waals surface area contributed by atoms with Gasteiger partial charge in [-0.3, -0.25) is 19.7 Å². The van der Waals surface area contributed by atoms with Gasteiger partial charge >= 0.3 is 15.6 Å². The second kappa shape index (κ2) is 6.01. The summed E-state index contributed by atoms with van der Waals surface area (Å²) >= 11 is 0. The fourth-order valence-corrected chi connectivity index (χ4v) is 1.25. The molecule has 0 saturated carbocycles. The molecule has 7 nitrogen and oxygen atoms in total. The summed E-state index contributed by atoms with van der Waals surface area (Å²) < 4.78 is 57.5. The Morgan fingerprint density at radius 3 is 2.24 bits per heavy atom. The number of nitrogens with zero attached hydrogens (tertiary/aromatic N) is 2. The Labute approximate surface area is 115 Å². The molecule has 0 bridgehead atoms. The lowest BCUT2D eigenvalue weighted by Gasteiger charge is -1.97. The van der Waals surface area contributed by atoms with E-state index in [9.17, 15) is 23.3 Å². The lowest BCUT2D eigenvalue weighted by atomic mass is 10.2. The molecule has 1 N–H and O–H groups in total. The summed E-state index contributed by atoms with van der Waals surface area (Å²) in [6.07, 6.45) is 1.62. The second-order valence-electron chi connectivity index (χ2n) is 3.53. The van der Waals surface area contributed by atoms with E-state index in [-0.39, 0.29) is 5.69 Å². The highest BCUT2D eigenvalue weighted by molar-refractivity contribution is 7.86. The zero-order chi connectivity index (χ0) is 16.3. The van der Waals surface area contributed by atoms with Crippen LogP contribution in [0.1, 0.15) is 0 Å². The van der Waals surface area contributed by atoms with Crippen LogP contribution in [0.4, 0.5) is 18.9 Å². The first-order valence-corrected chi connectivity index (χ1v) is 6.50. The molecular formula is C10H7F3N2O5S. The minimum Gasteiger partial charge on any atom is -0.279 e. The van der Waals surface area contributed by atoms with Gasteiger partial charge in [0, 0.05) is 12.3 Å². The van der Waals surface area contributed by atoms with Crippen molar-refractivity contribution >= 4 is 26.7 Å². The molecule has 0 unspecified atom stereocenters. The fourth-order valence-electron chi connectivity index (χ4n) is 1.25. The minimum atomic E-state index is -5.84. The first kappa shape index (κ1) is 16.8. The third-order valence-corrected chi connectivity index (χ3v) is 2.70. The molecule has 114 valence electrons. The molecule has 21 heavy (non-hydrogen) atoms. The molecule has 0 spiro atoms. The highest BCUT2D eigenvalue weighted by atomic mass is 32.2. The van der Waals surface area contributed by atoms with E-state index < -0.39 is 20.5 Å².